The third-order valence-electron chi connectivity index (χ3n) is 2.33. The molecule has 0 atom stereocenters. The van der Waals surface area contributed by atoms with Crippen LogP contribution in [0, 0.1) is 0 Å². The molecule has 0 aromatic carbocycles. The molecular weight excluding hydrogens is 168 g/mol. The molecule has 0 nitrogen and oxygen atoms in total. The summed E-state index contributed by atoms with van der Waals surface area (Å²) in [6.07, 6.45) is 23.6. The highest BCUT2D eigenvalue weighted by molar-refractivity contribution is 5.37. The van der Waals surface area contributed by atoms with E-state index in [2.05, 4.69) is 60.8 Å². The normalized spacial score (nSPS) is 25.1. The van der Waals surface area contributed by atoms with Crippen LogP contribution in [0.25, 0.3) is 0 Å². The van der Waals surface area contributed by atoms with Gasteiger partial charge in [0.15, 0.2) is 0 Å². The zero-order valence-corrected chi connectivity index (χ0v) is 8.19. The van der Waals surface area contributed by atoms with Crippen LogP contribution in [0.1, 0.15) is 12.8 Å². The van der Waals surface area contributed by atoms with E-state index >= 15 is 0 Å². The third-order valence-corrected chi connectivity index (χ3v) is 2.33. The first-order chi connectivity index (χ1) is 6.95. The van der Waals surface area contributed by atoms with Gasteiger partial charge in [-0.15, -0.1) is 0 Å². The number of allylic oxidation sites excluding steroid dienone is 12. The highest BCUT2D eigenvalue weighted by Crippen LogP contribution is 2.14. The fraction of sp³-hybridized carbons (Fsp3) is 0.143. The van der Waals surface area contributed by atoms with Crippen LogP contribution in [-0.4, -0.2) is 0 Å². The summed E-state index contributed by atoms with van der Waals surface area (Å²) in [7, 11) is 0. The smallest absolute Gasteiger partial charge is 0.00943 e. The van der Waals surface area contributed by atoms with Crippen LogP contribution >= 0.6 is 0 Å². The van der Waals surface area contributed by atoms with Gasteiger partial charge in [-0.3, -0.25) is 0 Å². The minimum Gasteiger partial charge on any atom is -0.0801 e. The van der Waals surface area contributed by atoms with Crippen molar-refractivity contribution in [2.45, 2.75) is 12.8 Å². The summed E-state index contributed by atoms with van der Waals surface area (Å²) in [6.45, 7) is 0. The second-order valence-electron chi connectivity index (χ2n) is 3.47. The molecule has 0 saturated heterocycles. The van der Waals surface area contributed by atoms with Crippen molar-refractivity contribution in [3.05, 3.63) is 71.9 Å². The van der Waals surface area contributed by atoms with Gasteiger partial charge in [-0.1, -0.05) is 60.8 Å². The highest BCUT2D eigenvalue weighted by Gasteiger charge is 1.94. The number of hydrogen-bond acceptors (Lipinski definition) is 0. The Morgan fingerprint density at radius 3 is 1.57 bits per heavy atom. The lowest BCUT2D eigenvalue weighted by atomic mass is 10.0. The van der Waals surface area contributed by atoms with E-state index in [0.717, 1.165) is 12.8 Å². The summed E-state index contributed by atoms with van der Waals surface area (Å²) >= 11 is 0. The molecule has 0 saturated carbocycles. The van der Waals surface area contributed by atoms with Crippen LogP contribution in [0.2, 0.25) is 0 Å². The molecule has 2 rings (SSSR count). The average molecular weight is 182 g/mol. The molecule has 0 aromatic rings. The standard InChI is InChI=1S/C14H14/c1-3-7-13(8-4-1)11-12-14-9-5-2-6-10-14/h1-7,9,11-12H,8,10H2. The Labute approximate surface area is 85.3 Å². The maximum Gasteiger partial charge on any atom is -0.00943 e. The molecule has 0 fully saturated rings. The summed E-state index contributed by atoms with van der Waals surface area (Å²) in [5.74, 6) is 0. The fourth-order valence-electron chi connectivity index (χ4n) is 1.52. The van der Waals surface area contributed by atoms with Crippen molar-refractivity contribution in [2.75, 3.05) is 0 Å². The quantitative estimate of drug-likeness (QED) is 0.577. The van der Waals surface area contributed by atoms with Gasteiger partial charge < -0.3 is 0 Å². The SMILES string of the molecule is C1=CCC(=CC=C2C=CC=CC2)C=C1. The zero-order chi connectivity index (χ0) is 9.64. The maximum atomic E-state index is 2.21. The molecule has 70 valence electrons. The second kappa shape index (κ2) is 4.61. The molecule has 0 bridgehead atoms. The Bertz CT molecular complexity index is 333. The van der Waals surface area contributed by atoms with E-state index in [1.807, 2.05) is 0 Å². The molecule has 14 heavy (non-hydrogen) atoms. The Hall–Kier alpha value is -1.56. The van der Waals surface area contributed by atoms with Crippen molar-refractivity contribution in [2.24, 2.45) is 0 Å². The summed E-state index contributed by atoms with van der Waals surface area (Å²) in [6, 6.07) is 0. The zero-order valence-electron chi connectivity index (χ0n) is 8.19. The second-order valence-corrected chi connectivity index (χ2v) is 3.47. The van der Waals surface area contributed by atoms with Gasteiger partial charge in [-0.2, -0.15) is 0 Å². The largest absolute Gasteiger partial charge is 0.0801 e. The average Bonchev–Trinajstić information content (AvgIpc) is 2.29. The summed E-state index contributed by atoms with van der Waals surface area (Å²) in [5.41, 5.74) is 2.76. The topological polar surface area (TPSA) is 0 Å². The summed E-state index contributed by atoms with van der Waals surface area (Å²) in [5, 5.41) is 0. The molecule has 0 N–H and O–H groups in total. The van der Waals surface area contributed by atoms with Crippen LogP contribution in [0.3, 0.4) is 0 Å². The van der Waals surface area contributed by atoms with Gasteiger partial charge in [-0.25, -0.2) is 0 Å². The molecule has 2 aliphatic rings. The van der Waals surface area contributed by atoms with Crippen LogP contribution in [0.4, 0.5) is 0 Å². The molecule has 2 aliphatic carbocycles. The molecule has 0 amide bonds. The molecule has 0 aliphatic heterocycles. The fourth-order valence-corrected chi connectivity index (χ4v) is 1.52. The van der Waals surface area contributed by atoms with Crippen molar-refractivity contribution < 1.29 is 0 Å². The van der Waals surface area contributed by atoms with Gasteiger partial charge in [0.2, 0.25) is 0 Å². The lowest BCUT2D eigenvalue weighted by molar-refractivity contribution is 1.24. The Morgan fingerprint density at radius 1 is 0.714 bits per heavy atom. The van der Waals surface area contributed by atoms with Gasteiger partial charge in [0.1, 0.15) is 0 Å². The Kier molecular flexibility index (Phi) is 2.97. The van der Waals surface area contributed by atoms with Crippen molar-refractivity contribution in [3.8, 4) is 0 Å². The summed E-state index contributed by atoms with van der Waals surface area (Å²) in [4.78, 5) is 0. The van der Waals surface area contributed by atoms with Gasteiger partial charge in [-0.05, 0) is 24.0 Å². The van der Waals surface area contributed by atoms with Gasteiger partial charge in [0, 0.05) is 0 Å². The maximum absolute atomic E-state index is 2.21. The van der Waals surface area contributed by atoms with E-state index in [1.165, 1.54) is 11.1 Å². The monoisotopic (exact) mass is 182 g/mol. The molecular formula is C14H14. The molecule has 0 heterocycles. The predicted molar refractivity (Wildman–Crippen MR) is 62.0 cm³/mol. The van der Waals surface area contributed by atoms with E-state index in [4.69, 9.17) is 0 Å². The minimum atomic E-state index is 1.06. The molecule has 0 unspecified atom stereocenters. The minimum absolute atomic E-state index is 1.06. The van der Waals surface area contributed by atoms with Crippen molar-refractivity contribution >= 4 is 0 Å². The Morgan fingerprint density at radius 2 is 1.21 bits per heavy atom. The van der Waals surface area contributed by atoms with Gasteiger partial charge >= 0.3 is 0 Å². The van der Waals surface area contributed by atoms with Gasteiger partial charge in [0.05, 0.1) is 0 Å². The Balaban J connectivity index is 2.04. The lowest BCUT2D eigenvalue weighted by Gasteiger charge is -2.02. The first-order valence-electron chi connectivity index (χ1n) is 5.01. The van der Waals surface area contributed by atoms with E-state index in [-0.39, 0.29) is 0 Å². The van der Waals surface area contributed by atoms with Crippen LogP contribution in [-0.2, 0) is 0 Å². The number of hydrogen-bond donors (Lipinski definition) is 0. The van der Waals surface area contributed by atoms with E-state index in [9.17, 15) is 0 Å². The molecule has 0 spiro atoms. The predicted octanol–water partition coefficient (Wildman–Crippen LogP) is 3.87. The van der Waals surface area contributed by atoms with Crippen LogP contribution < -0.4 is 0 Å². The van der Waals surface area contributed by atoms with Gasteiger partial charge in [0.25, 0.3) is 0 Å². The van der Waals surface area contributed by atoms with E-state index in [1.54, 1.807) is 0 Å². The van der Waals surface area contributed by atoms with Crippen LogP contribution in [0.5, 0.6) is 0 Å². The van der Waals surface area contributed by atoms with E-state index < -0.39 is 0 Å². The van der Waals surface area contributed by atoms with Crippen molar-refractivity contribution in [3.63, 3.8) is 0 Å². The van der Waals surface area contributed by atoms with Crippen molar-refractivity contribution in [1.29, 1.82) is 0 Å². The van der Waals surface area contributed by atoms with Crippen LogP contribution in [0.15, 0.2) is 71.9 Å². The first-order valence-corrected chi connectivity index (χ1v) is 5.01. The van der Waals surface area contributed by atoms with Crippen molar-refractivity contribution in [1.82, 2.24) is 0 Å². The van der Waals surface area contributed by atoms with E-state index in [0.29, 0.717) is 0 Å². The first kappa shape index (κ1) is 9.01. The number of rotatable bonds is 1. The lowest BCUT2D eigenvalue weighted by Crippen LogP contribution is -1.82. The molecule has 0 radical (unpaired) electrons. The molecule has 0 heteroatoms. The summed E-state index contributed by atoms with van der Waals surface area (Å²) < 4.78 is 0. The highest BCUT2D eigenvalue weighted by atomic mass is 14.0. The molecule has 0 aromatic heterocycles. The third kappa shape index (κ3) is 2.46.